The van der Waals surface area contributed by atoms with Gasteiger partial charge >= 0.3 is 5.69 Å². The van der Waals surface area contributed by atoms with E-state index in [4.69, 9.17) is 0 Å². The molecule has 0 spiro atoms. The molecule has 19 heavy (non-hydrogen) atoms. The van der Waals surface area contributed by atoms with Crippen LogP contribution in [0.3, 0.4) is 0 Å². The minimum atomic E-state index is -0.432. The number of rotatable bonds is 2. The highest BCUT2D eigenvalue weighted by molar-refractivity contribution is 5.97. The van der Waals surface area contributed by atoms with Crippen molar-refractivity contribution >= 4 is 11.6 Å². The fourth-order valence-corrected chi connectivity index (χ4v) is 1.45. The molecule has 0 aromatic carbocycles. The number of amides is 1. The van der Waals surface area contributed by atoms with E-state index in [1.54, 1.807) is 21.0 Å². The number of hydrogen-bond donors (Lipinski definition) is 0. The zero-order chi connectivity index (χ0) is 14.0. The van der Waals surface area contributed by atoms with Crippen LogP contribution in [0.25, 0.3) is 5.65 Å². The van der Waals surface area contributed by atoms with Gasteiger partial charge in [-0.1, -0.05) is 11.1 Å². The molecule has 0 aliphatic heterocycles. The third-order valence-corrected chi connectivity index (χ3v) is 2.43. The van der Waals surface area contributed by atoms with Gasteiger partial charge in [0.1, 0.15) is 12.9 Å². The van der Waals surface area contributed by atoms with Gasteiger partial charge in [-0.25, -0.2) is 14.2 Å². The van der Waals surface area contributed by atoms with E-state index in [0.717, 1.165) is 4.68 Å². The van der Waals surface area contributed by atoms with Crippen LogP contribution in [0.2, 0.25) is 0 Å². The number of fused-ring (bicyclic) bond motifs is 1. The van der Waals surface area contributed by atoms with Gasteiger partial charge in [-0.3, -0.25) is 4.79 Å². The van der Waals surface area contributed by atoms with Gasteiger partial charge in [0, 0.05) is 14.1 Å². The Morgan fingerprint density at radius 3 is 2.84 bits per heavy atom. The van der Waals surface area contributed by atoms with Crippen molar-refractivity contribution in [3.8, 4) is 11.8 Å². The highest BCUT2D eigenvalue weighted by Crippen LogP contribution is 2.04. The van der Waals surface area contributed by atoms with Crippen molar-refractivity contribution < 1.29 is 4.79 Å². The van der Waals surface area contributed by atoms with E-state index in [9.17, 15) is 9.59 Å². The van der Waals surface area contributed by atoms with Crippen LogP contribution in [0.5, 0.6) is 0 Å². The van der Waals surface area contributed by atoms with E-state index in [2.05, 4.69) is 27.1 Å². The van der Waals surface area contributed by atoms with E-state index >= 15 is 0 Å². The summed E-state index contributed by atoms with van der Waals surface area (Å²) in [6.45, 7) is 1.81. The summed E-state index contributed by atoms with van der Waals surface area (Å²) in [5.41, 5.74) is -0.189. The third-order valence-electron chi connectivity index (χ3n) is 2.43. The molecule has 0 N–H and O–H groups in total. The zero-order valence-electron chi connectivity index (χ0n) is 10.8. The maximum absolute atomic E-state index is 12.0. The monoisotopic (exact) mass is 260 g/mol. The summed E-state index contributed by atoms with van der Waals surface area (Å²) in [5.74, 6) is 5.05. The van der Waals surface area contributed by atoms with Crippen LogP contribution in [0.1, 0.15) is 17.4 Å². The number of carbonyl (C=O) groups is 1. The molecule has 0 aliphatic carbocycles. The van der Waals surface area contributed by atoms with Crippen LogP contribution in [0.15, 0.2) is 11.1 Å². The lowest BCUT2D eigenvalue weighted by Crippen LogP contribution is -2.30. The summed E-state index contributed by atoms with van der Waals surface area (Å²) in [6, 6.07) is 0. The molecule has 98 valence electrons. The van der Waals surface area contributed by atoms with E-state index < -0.39 is 5.69 Å². The van der Waals surface area contributed by atoms with Crippen LogP contribution >= 0.6 is 0 Å². The van der Waals surface area contributed by atoms with Gasteiger partial charge in [0.15, 0.2) is 11.3 Å². The Hall–Kier alpha value is -2.69. The molecule has 0 saturated heterocycles. The van der Waals surface area contributed by atoms with Crippen molar-refractivity contribution in [1.82, 2.24) is 29.3 Å². The normalized spacial score (nSPS) is 10.1. The van der Waals surface area contributed by atoms with Gasteiger partial charge in [-0.05, 0) is 6.92 Å². The minimum absolute atomic E-state index is 0.100. The number of carbonyl (C=O) groups excluding carboxylic acids is 1. The summed E-state index contributed by atoms with van der Waals surface area (Å²) >= 11 is 0. The van der Waals surface area contributed by atoms with Crippen LogP contribution in [0.4, 0.5) is 0 Å². The Balaban J connectivity index is 2.58. The van der Waals surface area contributed by atoms with Crippen molar-refractivity contribution in [2.24, 2.45) is 0 Å². The Kier molecular flexibility index (Phi) is 3.29. The zero-order valence-corrected chi connectivity index (χ0v) is 10.8. The van der Waals surface area contributed by atoms with Gasteiger partial charge < -0.3 is 4.90 Å². The van der Waals surface area contributed by atoms with Gasteiger partial charge in [-0.15, -0.1) is 11.0 Å². The first-order valence-electron chi connectivity index (χ1n) is 5.48. The van der Waals surface area contributed by atoms with E-state index in [1.807, 2.05) is 0 Å². The molecule has 8 heteroatoms. The molecule has 2 heterocycles. The highest BCUT2D eigenvalue weighted by atomic mass is 16.2. The molecule has 0 saturated carbocycles. The maximum atomic E-state index is 12.0. The Bertz CT molecular complexity index is 746. The topological polar surface area (TPSA) is 85.4 Å². The van der Waals surface area contributed by atoms with Gasteiger partial charge in [0.25, 0.3) is 5.91 Å². The van der Waals surface area contributed by atoms with Crippen molar-refractivity contribution in [1.29, 1.82) is 0 Å². The lowest BCUT2D eigenvalue weighted by molar-refractivity contribution is 0.0824. The lowest BCUT2D eigenvalue weighted by Gasteiger charge is -2.07. The van der Waals surface area contributed by atoms with Crippen LogP contribution in [-0.4, -0.2) is 49.3 Å². The Labute approximate surface area is 108 Å². The summed E-state index contributed by atoms with van der Waals surface area (Å²) < 4.78 is 2.29. The van der Waals surface area contributed by atoms with E-state index in [1.165, 1.54) is 15.6 Å². The third kappa shape index (κ3) is 2.18. The molecular weight excluding hydrogens is 248 g/mol. The molecule has 1 amide bonds. The summed E-state index contributed by atoms with van der Waals surface area (Å²) in [6.07, 6.45) is 1.26. The number of imidazole rings is 1. The minimum Gasteiger partial charge on any atom is -0.343 e. The Morgan fingerprint density at radius 1 is 1.47 bits per heavy atom. The standard InChI is InChI=1S/C11H12N6O2/c1-4-5-6-17-11(19)16-7-12-8(9(16)13-14-17)10(18)15(2)3/h7H,6H2,1-3H3. The van der Waals surface area contributed by atoms with E-state index in [-0.39, 0.29) is 23.8 Å². The second-order valence-electron chi connectivity index (χ2n) is 3.94. The maximum Gasteiger partial charge on any atom is 0.353 e. The van der Waals surface area contributed by atoms with Crippen molar-refractivity contribution in [3.05, 3.63) is 22.5 Å². The summed E-state index contributed by atoms with van der Waals surface area (Å²) in [7, 11) is 3.19. The molecule has 0 atom stereocenters. The van der Waals surface area contributed by atoms with Gasteiger partial charge in [0.2, 0.25) is 0 Å². The summed E-state index contributed by atoms with van der Waals surface area (Å²) in [4.78, 5) is 29.1. The molecule has 0 unspecified atom stereocenters. The first-order chi connectivity index (χ1) is 9.06. The predicted molar refractivity (Wildman–Crippen MR) is 66.5 cm³/mol. The van der Waals surface area contributed by atoms with Crippen LogP contribution in [-0.2, 0) is 6.54 Å². The fourth-order valence-electron chi connectivity index (χ4n) is 1.45. The molecule has 0 aliphatic rings. The second-order valence-corrected chi connectivity index (χ2v) is 3.94. The largest absolute Gasteiger partial charge is 0.353 e. The Morgan fingerprint density at radius 2 is 2.21 bits per heavy atom. The smallest absolute Gasteiger partial charge is 0.343 e. The molecule has 8 nitrogen and oxygen atoms in total. The fraction of sp³-hybridized carbons (Fsp3) is 0.364. The molecule has 2 aromatic rings. The molecule has 2 aromatic heterocycles. The molecule has 0 bridgehead atoms. The molecular formula is C11H12N6O2. The highest BCUT2D eigenvalue weighted by Gasteiger charge is 2.18. The van der Waals surface area contributed by atoms with Crippen molar-refractivity contribution in [2.75, 3.05) is 14.1 Å². The average molecular weight is 260 g/mol. The van der Waals surface area contributed by atoms with Crippen LogP contribution < -0.4 is 5.69 Å². The average Bonchev–Trinajstić information content (AvgIpc) is 2.81. The molecule has 0 radical (unpaired) electrons. The van der Waals surface area contributed by atoms with Gasteiger partial charge in [0.05, 0.1) is 0 Å². The number of hydrogen-bond acceptors (Lipinski definition) is 5. The van der Waals surface area contributed by atoms with Crippen LogP contribution in [0, 0.1) is 11.8 Å². The quantitative estimate of drug-likeness (QED) is 0.647. The first-order valence-corrected chi connectivity index (χ1v) is 5.48. The number of aromatic nitrogens is 5. The van der Waals surface area contributed by atoms with Crippen molar-refractivity contribution in [3.63, 3.8) is 0 Å². The molecule has 0 fully saturated rings. The van der Waals surface area contributed by atoms with E-state index in [0.29, 0.717) is 0 Å². The first kappa shape index (κ1) is 12.8. The number of nitrogens with zero attached hydrogens (tertiary/aromatic N) is 6. The second kappa shape index (κ2) is 4.89. The SMILES string of the molecule is CC#CCn1nnc2c(C(=O)N(C)C)ncn2c1=O. The summed E-state index contributed by atoms with van der Waals surface area (Å²) in [5, 5.41) is 7.60. The van der Waals surface area contributed by atoms with Crippen molar-refractivity contribution in [2.45, 2.75) is 13.5 Å². The van der Waals surface area contributed by atoms with Gasteiger partial charge in [-0.2, -0.15) is 4.68 Å². The predicted octanol–water partition coefficient (Wildman–Crippen LogP) is -0.989. The molecule has 2 rings (SSSR count). The lowest BCUT2D eigenvalue weighted by atomic mass is 10.4.